The van der Waals surface area contributed by atoms with Gasteiger partial charge in [-0.05, 0) is 65.4 Å². The summed E-state index contributed by atoms with van der Waals surface area (Å²) in [6, 6.07) is 7.65. The zero-order chi connectivity index (χ0) is 19.4. The predicted octanol–water partition coefficient (Wildman–Crippen LogP) is 2.42. The van der Waals surface area contributed by atoms with Crippen LogP contribution in [0, 0.1) is 0 Å². The van der Waals surface area contributed by atoms with Crippen molar-refractivity contribution in [2.45, 2.75) is 44.8 Å². The van der Waals surface area contributed by atoms with Gasteiger partial charge in [-0.25, -0.2) is 4.79 Å². The molecule has 1 aliphatic rings. The average Bonchev–Trinajstić information content (AvgIpc) is 2.54. The molecule has 2 N–H and O–H groups in total. The molecule has 1 aliphatic heterocycles. The van der Waals surface area contributed by atoms with E-state index in [2.05, 4.69) is 5.32 Å². The summed E-state index contributed by atoms with van der Waals surface area (Å²) in [6.07, 6.45) is 1.53. The number of hydrogen-bond acceptors (Lipinski definition) is 4. The van der Waals surface area contributed by atoms with Crippen molar-refractivity contribution in [3.8, 4) is 5.75 Å². The molecule has 6 heteroatoms. The van der Waals surface area contributed by atoms with Crippen LogP contribution in [0.25, 0.3) is 0 Å². The molecule has 0 radical (unpaired) electrons. The number of rotatable bonds is 6. The van der Waals surface area contributed by atoms with E-state index in [1.165, 1.54) is 0 Å². The smallest absolute Gasteiger partial charge is 0.318 e. The van der Waals surface area contributed by atoms with Gasteiger partial charge in [0, 0.05) is 13.1 Å². The molecular weight excluding hydrogens is 330 g/mol. The number of urea groups is 1. The molecule has 1 fully saturated rings. The second-order valence-electron chi connectivity index (χ2n) is 8.00. The molecule has 0 aliphatic carbocycles. The zero-order valence-corrected chi connectivity index (χ0v) is 16.7. The van der Waals surface area contributed by atoms with Crippen LogP contribution in [0.1, 0.15) is 39.2 Å². The SMILES string of the molecule is CCOc1ccc(C(C)(C)NC(=O)N2CCCC(O)(CN(C)C)C2)cc1. The van der Waals surface area contributed by atoms with Crippen molar-refractivity contribution < 1.29 is 14.6 Å². The Balaban J connectivity index is 2.02. The molecule has 1 saturated heterocycles. The highest BCUT2D eigenvalue weighted by molar-refractivity contribution is 5.75. The molecule has 146 valence electrons. The molecule has 1 atom stereocenters. The Labute approximate surface area is 157 Å². The van der Waals surface area contributed by atoms with Gasteiger partial charge in [0.25, 0.3) is 0 Å². The van der Waals surface area contributed by atoms with Gasteiger partial charge in [-0.3, -0.25) is 0 Å². The second kappa shape index (κ2) is 8.27. The number of likely N-dealkylation sites (tertiary alicyclic amines) is 1. The third-order valence-corrected chi connectivity index (χ3v) is 4.76. The van der Waals surface area contributed by atoms with Crippen molar-refractivity contribution in [2.24, 2.45) is 0 Å². The molecule has 1 aromatic carbocycles. The highest BCUT2D eigenvalue weighted by atomic mass is 16.5. The number of amides is 2. The molecule has 6 nitrogen and oxygen atoms in total. The molecule has 2 rings (SSSR count). The normalized spacial score (nSPS) is 21.0. The van der Waals surface area contributed by atoms with E-state index in [-0.39, 0.29) is 6.03 Å². The van der Waals surface area contributed by atoms with E-state index in [0.717, 1.165) is 24.2 Å². The maximum Gasteiger partial charge on any atom is 0.318 e. The van der Waals surface area contributed by atoms with Gasteiger partial charge >= 0.3 is 6.03 Å². The minimum Gasteiger partial charge on any atom is -0.494 e. The maximum absolute atomic E-state index is 12.8. The Bertz CT molecular complexity index is 601. The van der Waals surface area contributed by atoms with Gasteiger partial charge in [0.05, 0.1) is 24.3 Å². The molecule has 26 heavy (non-hydrogen) atoms. The van der Waals surface area contributed by atoms with Gasteiger partial charge in [-0.2, -0.15) is 0 Å². The first kappa shape index (κ1) is 20.5. The van der Waals surface area contributed by atoms with Gasteiger partial charge in [0.2, 0.25) is 0 Å². The van der Waals surface area contributed by atoms with Gasteiger partial charge < -0.3 is 25.0 Å². The van der Waals surface area contributed by atoms with Crippen LogP contribution in [-0.2, 0) is 5.54 Å². The molecule has 0 bridgehead atoms. The van der Waals surface area contributed by atoms with Crippen LogP contribution in [0.3, 0.4) is 0 Å². The lowest BCUT2D eigenvalue weighted by Gasteiger charge is -2.41. The summed E-state index contributed by atoms with van der Waals surface area (Å²) in [5, 5.41) is 13.9. The second-order valence-corrected chi connectivity index (χ2v) is 8.00. The van der Waals surface area contributed by atoms with E-state index in [1.807, 2.05) is 64.0 Å². The monoisotopic (exact) mass is 363 g/mol. The first-order valence-corrected chi connectivity index (χ1v) is 9.33. The molecule has 1 aromatic rings. The molecule has 1 unspecified atom stereocenters. The minimum atomic E-state index is -0.845. The Hall–Kier alpha value is -1.79. The molecule has 0 saturated carbocycles. The summed E-state index contributed by atoms with van der Waals surface area (Å²) in [7, 11) is 3.87. The third kappa shape index (κ3) is 5.35. The summed E-state index contributed by atoms with van der Waals surface area (Å²) in [4.78, 5) is 16.5. The summed E-state index contributed by atoms with van der Waals surface area (Å²) in [5.41, 5.74) is -0.351. The summed E-state index contributed by atoms with van der Waals surface area (Å²) >= 11 is 0. The zero-order valence-electron chi connectivity index (χ0n) is 16.7. The van der Waals surface area contributed by atoms with Crippen molar-refractivity contribution in [3.05, 3.63) is 29.8 Å². The van der Waals surface area contributed by atoms with E-state index in [1.54, 1.807) is 4.90 Å². The van der Waals surface area contributed by atoms with E-state index >= 15 is 0 Å². The highest BCUT2D eigenvalue weighted by Crippen LogP contribution is 2.25. The van der Waals surface area contributed by atoms with Crippen molar-refractivity contribution >= 4 is 6.03 Å². The number of likely N-dealkylation sites (N-methyl/N-ethyl adjacent to an activating group) is 1. The summed E-state index contributed by atoms with van der Waals surface area (Å²) < 4.78 is 5.48. The lowest BCUT2D eigenvalue weighted by molar-refractivity contribution is -0.0352. The number of nitrogens with one attached hydrogen (secondary N) is 1. The molecule has 0 spiro atoms. The highest BCUT2D eigenvalue weighted by Gasteiger charge is 2.37. The van der Waals surface area contributed by atoms with Gasteiger partial charge in [0.1, 0.15) is 5.75 Å². The number of nitrogens with zero attached hydrogens (tertiary/aromatic N) is 2. The average molecular weight is 364 g/mol. The number of β-amino-alcohol motifs (C(OH)–C–C–N with tert-alkyl or cyclic N) is 1. The van der Waals surface area contributed by atoms with Crippen LogP contribution in [0.2, 0.25) is 0 Å². The first-order chi connectivity index (χ1) is 12.1. The minimum absolute atomic E-state index is 0.138. The van der Waals surface area contributed by atoms with Crippen LogP contribution in [0.15, 0.2) is 24.3 Å². The van der Waals surface area contributed by atoms with Crippen molar-refractivity contribution in [1.82, 2.24) is 15.1 Å². The number of ether oxygens (including phenoxy) is 1. The van der Waals surface area contributed by atoms with Crippen molar-refractivity contribution in [3.63, 3.8) is 0 Å². The van der Waals surface area contributed by atoms with Crippen LogP contribution in [0.5, 0.6) is 5.75 Å². The fourth-order valence-electron chi connectivity index (χ4n) is 3.56. The van der Waals surface area contributed by atoms with E-state index < -0.39 is 11.1 Å². The lowest BCUT2D eigenvalue weighted by atomic mass is 9.92. The first-order valence-electron chi connectivity index (χ1n) is 9.33. The van der Waals surface area contributed by atoms with Gasteiger partial charge in [-0.15, -0.1) is 0 Å². The van der Waals surface area contributed by atoms with Crippen molar-refractivity contribution in [1.29, 1.82) is 0 Å². The molecule has 1 heterocycles. The number of benzene rings is 1. The standard InChI is InChI=1S/C20H33N3O3/c1-6-26-17-10-8-16(9-11-17)19(2,3)21-18(24)23-13-7-12-20(25,15-23)14-22(4)5/h8-11,25H,6-7,12-15H2,1-5H3,(H,21,24). The van der Waals surface area contributed by atoms with Crippen LogP contribution < -0.4 is 10.1 Å². The number of piperidine rings is 1. The van der Waals surface area contributed by atoms with Gasteiger partial charge in [-0.1, -0.05) is 12.1 Å². The predicted molar refractivity (Wildman–Crippen MR) is 103 cm³/mol. The molecule has 2 amide bonds. The topological polar surface area (TPSA) is 65.0 Å². The Morgan fingerprint density at radius 1 is 1.35 bits per heavy atom. The largest absolute Gasteiger partial charge is 0.494 e. The quantitative estimate of drug-likeness (QED) is 0.815. The van der Waals surface area contributed by atoms with E-state index in [4.69, 9.17) is 4.74 Å². The number of carbonyl (C=O) groups excluding carboxylic acids is 1. The Morgan fingerprint density at radius 3 is 2.58 bits per heavy atom. The lowest BCUT2D eigenvalue weighted by Crippen LogP contribution is -2.58. The van der Waals surface area contributed by atoms with Crippen LogP contribution in [0.4, 0.5) is 4.79 Å². The number of aliphatic hydroxyl groups is 1. The Kier molecular flexibility index (Phi) is 6.53. The maximum atomic E-state index is 12.8. The van der Waals surface area contributed by atoms with Crippen LogP contribution in [-0.4, -0.2) is 66.9 Å². The van der Waals surface area contributed by atoms with E-state index in [0.29, 0.717) is 26.2 Å². The summed E-state index contributed by atoms with van der Waals surface area (Å²) in [5.74, 6) is 0.822. The van der Waals surface area contributed by atoms with Gasteiger partial charge in [0.15, 0.2) is 0 Å². The van der Waals surface area contributed by atoms with Crippen LogP contribution >= 0.6 is 0 Å². The number of carbonyl (C=O) groups is 1. The molecule has 0 aromatic heterocycles. The fraction of sp³-hybridized carbons (Fsp3) is 0.650. The fourth-order valence-corrected chi connectivity index (χ4v) is 3.56. The summed E-state index contributed by atoms with van der Waals surface area (Å²) in [6.45, 7) is 8.13. The Morgan fingerprint density at radius 2 is 2.00 bits per heavy atom. The van der Waals surface area contributed by atoms with Crippen molar-refractivity contribution in [2.75, 3.05) is 40.3 Å². The van der Waals surface area contributed by atoms with E-state index in [9.17, 15) is 9.90 Å². The third-order valence-electron chi connectivity index (χ3n) is 4.76. The number of hydrogen-bond donors (Lipinski definition) is 2. The molecular formula is C20H33N3O3.